The second kappa shape index (κ2) is 11.2. The number of nitriles is 1. The largest absolute Gasteiger partial charge is 0.490 e. The van der Waals surface area contributed by atoms with Crippen LogP contribution in [0, 0.1) is 27.4 Å². The number of carbonyl (C=O) groups is 1. The highest BCUT2D eigenvalue weighted by atomic mass is 79.9. The number of ether oxygens (including phenoxy) is 2. The summed E-state index contributed by atoms with van der Waals surface area (Å²) in [5.74, 6) is 1.10. The van der Waals surface area contributed by atoms with E-state index in [1.807, 2.05) is 26.0 Å². The minimum Gasteiger partial charge on any atom is -0.490 e. The number of ketones is 1. The number of allylic oxidation sites excluding steroid dienone is 4. The molecule has 2 aromatic rings. The van der Waals surface area contributed by atoms with Crippen LogP contribution in [0.3, 0.4) is 0 Å². The van der Waals surface area contributed by atoms with Gasteiger partial charge in [0.25, 0.3) is 5.69 Å². The quantitative estimate of drug-likeness (QED) is 0.269. The fourth-order valence-electron chi connectivity index (χ4n) is 5.08. The molecule has 0 amide bonds. The molecule has 0 spiro atoms. The summed E-state index contributed by atoms with van der Waals surface area (Å²) in [6.45, 7) is 6.21. The van der Waals surface area contributed by atoms with Gasteiger partial charge in [-0.25, -0.2) is 0 Å². The van der Waals surface area contributed by atoms with E-state index < -0.39 is 10.8 Å². The van der Waals surface area contributed by atoms with Crippen molar-refractivity contribution >= 4 is 27.4 Å². The van der Waals surface area contributed by atoms with Crippen molar-refractivity contribution < 1.29 is 19.2 Å². The zero-order valence-corrected chi connectivity index (χ0v) is 22.6. The van der Waals surface area contributed by atoms with Gasteiger partial charge in [-0.05, 0) is 78.4 Å². The van der Waals surface area contributed by atoms with E-state index in [0.29, 0.717) is 51.8 Å². The lowest BCUT2D eigenvalue weighted by atomic mass is 9.72. The first kappa shape index (κ1) is 26.4. The van der Waals surface area contributed by atoms with Crippen LogP contribution in [0.4, 0.5) is 5.69 Å². The van der Waals surface area contributed by atoms with E-state index >= 15 is 0 Å². The Hall–Kier alpha value is -3.64. The van der Waals surface area contributed by atoms with Crippen LogP contribution in [-0.2, 0) is 4.79 Å². The zero-order chi connectivity index (χ0) is 26.7. The molecule has 9 heteroatoms. The number of rotatable bonds is 8. The maximum atomic E-state index is 13.4. The molecule has 1 heterocycles. The predicted molar refractivity (Wildman–Crippen MR) is 142 cm³/mol. The summed E-state index contributed by atoms with van der Waals surface area (Å²) in [5.41, 5.74) is 3.50. The Labute approximate surface area is 224 Å². The highest BCUT2D eigenvalue weighted by molar-refractivity contribution is 9.10. The van der Waals surface area contributed by atoms with E-state index in [9.17, 15) is 20.2 Å². The highest BCUT2D eigenvalue weighted by Crippen LogP contribution is 2.48. The first-order valence-electron chi connectivity index (χ1n) is 12.3. The van der Waals surface area contributed by atoms with E-state index in [0.717, 1.165) is 36.2 Å². The number of Topliss-reactive ketones (excluding diaryl/α,β-unsaturated/α-hetero) is 1. The molecule has 0 fully saturated rings. The lowest BCUT2D eigenvalue weighted by molar-refractivity contribution is -0.384. The van der Waals surface area contributed by atoms with Gasteiger partial charge in [-0.2, -0.15) is 5.26 Å². The second-order valence-electron chi connectivity index (χ2n) is 9.20. The van der Waals surface area contributed by atoms with Crippen molar-refractivity contribution in [2.75, 3.05) is 6.61 Å². The van der Waals surface area contributed by atoms with Gasteiger partial charge in [0.2, 0.25) is 0 Å². The normalized spacial score (nSPS) is 19.2. The molecule has 0 bridgehead atoms. The first-order chi connectivity index (χ1) is 17.8. The molecule has 1 aliphatic heterocycles. The van der Waals surface area contributed by atoms with Crippen molar-refractivity contribution in [1.82, 2.24) is 5.32 Å². The van der Waals surface area contributed by atoms with Gasteiger partial charge >= 0.3 is 0 Å². The van der Waals surface area contributed by atoms with Gasteiger partial charge in [-0.3, -0.25) is 14.9 Å². The molecule has 0 saturated carbocycles. The van der Waals surface area contributed by atoms with Gasteiger partial charge in [-0.15, -0.1) is 0 Å². The van der Waals surface area contributed by atoms with Crippen LogP contribution >= 0.6 is 15.9 Å². The summed E-state index contributed by atoms with van der Waals surface area (Å²) in [5, 5.41) is 24.4. The third kappa shape index (κ3) is 5.39. The van der Waals surface area contributed by atoms with E-state index in [2.05, 4.69) is 34.2 Å². The lowest BCUT2D eigenvalue weighted by Gasteiger charge is -2.35. The van der Waals surface area contributed by atoms with Crippen molar-refractivity contribution in [2.45, 2.75) is 52.4 Å². The van der Waals surface area contributed by atoms with E-state index in [-0.39, 0.29) is 11.5 Å². The van der Waals surface area contributed by atoms with Crippen LogP contribution in [0.5, 0.6) is 17.2 Å². The molecule has 1 N–H and O–H groups in total. The molecular formula is C28H28BrN3O5. The Morgan fingerprint density at radius 2 is 1.95 bits per heavy atom. The Balaban J connectivity index is 1.78. The molecule has 1 aliphatic carbocycles. The lowest BCUT2D eigenvalue weighted by Crippen LogP contribution is -2.34. The number of hydrogen-bond acceptors (Lipinski definition) is 7. The summed E-state index contributed by atoms with van der Waals surface area (Å²) in [7, 11) is 0. The Kier molecular flexibility index (Phi) is 7.98. The molecule has 4 rings (SSSR count). The van der Waals surface area contributed by atoms with Gasteiger partial charge in [-0.1, -0.05) is 13.3 Å². The summed E-state index contributed by atoms with van der Waals surface area (Å²) in [6.07, 6.45) is 3.26. The van der Waals surface area contributed by atoms with E-state index in [4.69, 9.17) is 9.47 Å². The third-order valence-electron chi connectivity index (χ3n) is 6.66. The van der Waals surface area contributed by atoms with Gasteiger partial charge in [0.1, 0.15) is 5.75 Å². The highest BCUT2D eigenvalue weighted by Gasteiger charge is 2.39. The molecule has 192 valence electrons. The van der Waals surface area contributed by atoms with Crippen molar-refractivity contribution in [3.8, 4) is 23.3 Å². The number of benzene rings is 2. The molecule has 0 aromatic heterocycles. The Morgan fingerprint density at radius 1 is 1.22 bits per heavy atom. The molecular weight excluding hydrogens is 538 g/mol. The average molecular weight is 566 g/mol. The number of nitrogens with zero attached hydrogens (tertiary/aromatic N) is 2. The zero-order valence-electron chi connectivity index (χ0n) is 21.0. The van der Waals surface area contributed by atoms with Crippen molar-refractivity contribution in [3.05, 3.63) is 79.1 Å². The fraction of sp³-hybridized carbons (Fsp3) is 0.357. The molecule has 0 saturated heterocycles. The molecule has 2 aliphatic rings. The van der Waals surface area contributed by atoms with Crippen LogP contribution in [0.15, 0.2) is 63.4 Å². The first-order valence-corrected chi connectivity index (χ1v) is 13.1. The number of carbonyl (C=O) groups excluding carboxylic acids is 1. The predicted octanol–water partition coefficient (Wildman–Crippen LogP) is 7.07. The number of hydrogen-bond donors (Lipinski definition) is 1. The van der Waals surface area contributed by atoms with Crippen LogP contribution in [0.25, 0.3) is 0 Å². The molecule has 2 aromatic carbocycles. The van der Waals surface area contributed by atoms with Crippen molar-refractivity contribution in [3.63, 3.8) is 0 Å². The molecule has 2 atom stereocenters. The van der Waals surface area contributed by atoms with Crippen LogP contribution in [0.1, 0.15) is 57.9 Å². The average Bonchev–Trinajstić information content (AvgIpc) is 2.85. The molecule has 8 nitrogen and oxygen atoms in total. The molecule has 2 unspecified atom stereocenters. The number of halogens is 1. The van der Waals surface area contributed by atoms with Gasteiger partial charge < -0.3 is 14.8 Å². The van der Waals surface area contributed by atoms with Crippen LogP contribution in [0.2, 0.25) is 0 Å². The summed E-state index contributed by atoms with van der Waals surface area (Å²) in [6, 6.07) is 11.8. The second-order valence-corrected chi connectivity index (χ2v) is 10.1. The third-order valence-corrected chi connectivity index (χ3v) is 7.25. The minimum absolute atomic E-state index is 0.0358. The number of dihydropyridines is 1. The topological polar surface area (TPSA) is 114 Å². The SMILES string of the molecule is CCCC1CC(=O)C2=C(C1)NC(C)=C(C#N)C2c1cc(Br)c(Oc2ccc([N+](=O)[O-])cc2)c(OCC)c1. The van der Waals surface area contributed by atoms with Crippen LogP contribution < -0.4 is 14.8 Å². The number of nitrogens with one attached hydrogen (secondary N) is 1. The molecule has 0 radical (unpaired) electrons. The van der Waals surface area contributed by atoms with Gasteiger partial charge in [0.05, 0.1) is 33.6 Å². The van der Waals surface area contributed by atoms with Crippen LogP contribution in [-0.4, -0.2) is 17.3 Å². The molecule has 37 heavy (non-hydrogen) atoms. The van der Waals surface area contributed by atoms with Crippen molar-refractivity contribution in [2.24, 2.45) is 5.92 Å². The Bertz CT molecular complexity index is 1340. The minimum atomic E-state index is -0.514. The summed E-state index contributed by atoms with van der Waals surface area (Å²) >= 11 is 3.59. The fourth-order valence-corrected chi connectivity index (χ4v) is 5.62. The van der Waals surface area contributed by atoms with E-state index in [1.54, 1.807) is 0 Å². The number of nitro groups is 1. The smallest absolute Gasteiger partial charge is 0.269 e. The monoisotopic (exact) mass is 565 g/mol. The number of nitro benzene ring substituents is 1. The van der Waals surface area contributed by atoms with E-state index in [1.165, 1.54) is 24.3 Å². The van der Waals surface area contributed by atoms with Crippen molar-refractivity contribution in [1.29, 1.82) is 5.26 Å². The number of non-ortho nitro benzene ring substituents is 1. The summed E-state index contributed by atoms with van der Waals surface area (Å²) in [4.78, 5) is 23.9. The summed E-state index contributed by atoms with van der Waals surface area (Å²) < 4.78 is 12.5. The van der Waals surface area contributed by atoms with Gasteiger partial charge in [0, 0.05) is 35.5 Å². The van der Waals surface area contributed by atoms with Gasteiger partial charge in [0.15, 0.2) is 17.3 Å². The Morgan fingerprint density at radius 3 is 2.57 bits per heavy atom. The standard InChI is InChI=1S/C28H28BrN3O5/c1-4-6-17-11-23-27(24(33)12-17)26(21(15-30)16(3)31-23)18-13-22(29)28(25(14-18)36-5-2)37-20-9-7-19(8-10-20)32(34)35/h7-10,13-14,17,26,31H,4-6,11-12H2,1-3H3. The maximum absolute atomic E-state index is 13.4. The maximum Gasteiger partial charge on any atom is 0.269 e.